The zero-order valence-corrected chi connectivity index (χ0v) is 14.1. The second kappa shape index (κ2) is 7.24. The van der Waals surface area contributed by atoms with E-state index >= 15 is 0 Å². The molecule has 1 N–H and O–H groups in total. The normalized spacial score (nSPS) is 29.9. The highest BCUT2D eigenvalue weighted by Crippen LogP contribution is 2.38. The Morgan fingerprint density at radius 2 is 1.65 bits per heavy atom. The minimum atomic E-state index is 0.504. The summed E-state index contributed by atoms with van der Waals surface area (Å²) in [6.45, 7) is 14.5. The smallest absolute Gasteiger partial charge is 0.0110 e. The summed E-state index contributed by atoms with van der Waals surface area (Å²) in [5.41, 5.74) is 0.504. The lowest BCUT2D eigenvalue weighted by molar-refractivity contribution is 0.101. The Balaban J connectivity index is 1.67. The predicted octanol–water partition coefficient (Wildman–Crippen LogP) is 2.43. The maximum atomic E-state index is 3.43. The third-order valence-corrected chi connectivity index (χ3v) is 5.52. The summed E-state index contributed by atoms with van der Waals surface area (Å²) < 4.78 is 0. The van der Waals surface area contributed by atoms with Gasteiger partial charge in [-0.05, 0) is 44.1 Å². The van der Waals surface area contributed by atoms with Gasteiger partial charge >= 0.3 is 0 Å². The van der Waals surface area contributed by atoms with Gasteiger partial charge in [-0.3, -0.25) is 4.90 Å². The second-order valence-electron chi connectivity index (χ2n) is 7.94. The zero-order chi connectivity index (χ0) is 14.6. The molecular weight excluding hydrogens is 246 g/mol. The van der Waals surface area contributed by atoms with Crippen LogP contribution in [0.2, 0.25) is 0 Å². The molecule has 0 atom stereocenters. The van der Waals surface area contributed by atoms with Crippen molar-refractivity contribution in [3.05, 3.63) is 0 Å². The van der Waals surface area contributed by atoms with Gasteiger partial charge in [-0.15, -0.1) is 0 Å². The van der Waals surface area contributed by atoms with E-state index in [-0.39, 0.29) is 0 Å². The van der Waals surface area contributed by atoms with Crippen molar-refractivity contribution in [2.75, 3.05) is 46.3 Å². The third kappa shape index (κ3) is 4.71. The van der Waals surface area contributed by atoms with Crippen molar-refractivity contribution in [2.45, 2.75) is 52.5 Å². The van der Waals surface area contributed by atoms with Crippen LogP contribution in [0.3, 0.4) is 0 Å². The van der Waals surface area contributed by atoms with Gasteiger partial charge in [-0.1, -0.05) is 20.8 Å². The molecule has 20 heavy (non-hydrogen) atoms. The van der Waals surface area contributed by atoms with Crippen molar-refractivity contribution in [3.8, 4) is 0 Å². The Morgan fingerprint density at radius 1 is 1.05 bits per heavy atom. The first-order chi connectivity index (χ1) is 9.47. The summed E-state index contributed by atoms with van der Waals surface area (Å²) >= 11 is 0. The topological polar surface area (TPSA) is 18.5 Å². The molecule has 1 saturated carbocycles. The molecule has 1 aliphatic carbocycles. The van der Waals surface area contributed by atoms with E-state index < -0.39 is 0 Å². The molecule has 0 radical (unpaired) electrons. The van der Waals surface area contributed by atoms with Crippen molar-refractivity contribution in [1.29, 1.82) is 0 Å². The number of hydrogen-bond acceptors (Lipinski definition) is 3. The second-order valence-corrected chi connectivity index (χ2v) is 7.94. The van der Waals surface area contributed by atoms with Gasteiger partial charge < -0.3 is 10.2 Å². The molecular formula is C17H35N3. The van der Waals surface area contributed by atoms with Crippen molar-refractivity contribution >= 4 is 0 Å². The molecule has 0 amide bonds. The van der Waals surface area contributed by atoms with Crippen LogP contribution in [-0.2, 0) is 0 Å². The molecule has 0 bridgehead atoms. The summed E-state index contributed by atoms with van der Waals surface area (Å²) in [7, 11) is 2.34. The molecule has 2 rings (SSSR count). The number of nitrogens with zero attached hydrogens (tertiary/aromatic N) is 2. The first-order valence-electron chi connectivity index (χ1n) is 8.60. The number of likely N-dealkylation sites (N-methyl/N-ethyl adjacent to an activating group) is 1. The molecule has 3 heteroatoms. The van der Waals surface area contributed by atoms with Gasteiger partial charge in [0.1, 0.15) is 0 Å². The third-order valence-electron chi connectivity index (χ3n) is 5.52. The Kier molecular flexibility index (Phi) is 5.88. The molecule has 0 aromatic heterocycles. The molecule has 0 spiro atoms. The average Bonchev–Trinajstić information content (AvgIpc) is 2.45. The highest BCUT2D eigenvalue weighted by molar-refractivity contribution is 4.84. The number of nitrogens with one attached hydrogen (secondary N) is 1. The minimum absolute atomic E-state index is 0.504. The number of rotatable bonds is 4. The van der Waals surface area contributed by atoms with Gasteiger partial charge in [-0.2, -0.15) is 0 Å². The molecule has 2 fully saturated rings. The van der Waals surface area contributed by atoms with E-state index in [1.54, 1.807) is 0 Å². The molecule has 1 aliphatic heterocycles. The monoisotopic (exact) mass is 281 g/mol. The van der Waals surface area contributed by atoms with Gasteiger partial charge in [0.2, 0.25) is 0 Å². The van der Waals surface area contributed by atoms with E-state index in [9.17, 15) is 0 Å². The molecule has 2 aliphatic rings. The summed E-state index contributed by atoms with van der Waals surface area (Å²) in [6.07, 6.45) is 5.65. The first kappa shape index (κ1) is 16.3. The van der Waals surface area contributed by atoms with Crippen molar-refractivity contribution in [3.63, 3.8) is 0 Å². The summed E-state index contributed by atoms with van der Waals surface area (Å²) in [5.74, 6) is 0.931. The van der Waals surface area contributed by atoms with E-state index in [4.69, 9.17) is 0 Å². The van der Waals surface area contributed by atoms with Crippen LogP contribution in [0.4, 0.5) is 0 Å². The van der Waals surface area contributed by atoms with Crippen LogP contribution < -0.4 is 5.32 Å². The van der Waals surface area contributed by atoms with Crippen LogP contribution in [0.1, 0.15) is 46.5 Å². The molecule has 0 aromatic rings. The summed E-state index contributed by atoms with van der Waals surface area (Å²) in [5, 5.41) is 3.43. The summed E-state index contributed by atoms with van der Waals surface area (Å²) in [4.78, 5) is 5.23. The van der Waals surface area contributed by atoms with Gasteiger partial charge in [-0.25, -0.2) is 0 Å². The number of piperazine rings is 1. The quantitative estimate of drug-likeness (QED) is 0.854. The molecule has 118 valence electrons. The highest BCUT2D eigenvalue weighted by Gasteiger charge is 2.30. The van der Waals surface area contributed by atoms with Gasteiger partial charge in [0.15, 0.2) is 0 Å². The maximum Gasteiger partial charge on any atom is 0.0110 e. The first-order valence-corrected chi connectivity index (χ1v) is 8.60. The van der Waals surface area contributed by atoms with Crippen LogP contribution in [0.15, 0.2) is 0 Å². The fourth-order valence-electron chi connectivity index (χ4n) is 3.80. The Labute approximate surface area is 126 Å². The van der Waals surface area contributed by atoms with Crippen LogP contribution >= 0.6 is 0 Å². The Hall–Kier alpha value is -0.120. The largest absolute Gasteiger partial charge is 0.314 e. The standard InChI is InChI=1S/C17H35N3/c1-17(2,3)15-5-7-16(8-6-15)19(4)13-14-20-11-9-18-10-12-20/h15-16,18H,5-14H2,1-4H3. The lowest BCUT2D eigenvalue weighted by atomic mass is 9.71. The average molecular weight is 281 g/mol. The SMILES string of the molecule is CN(CCN1CCNCC1)C1CCC(C(C)(C)C)CC1. The highest BCUT2D eigenvalue weighted by atomic mass is 15.2. The van der Waals surface area contributed by atoms with Crippen molar-refractivity contribution < 1.29 is 0 Å². The van der Waals surface area contributed by atoms with E-state index in [1.165, 1.54) is 65.0 Å². The molecule has 1 saturated heterocycles. The van der Waals surface area contributed by atoms with E-state index in [0.717, 1.165) is 12.0 Å². The van der Waals surface area contributed by atoms with Crippen LogP contribution in [0, 0.1) is 11.3 Å². The fraction of sp³-hybridized carbons (Fsp3) is 1.00. The summed E-state index contributed by atoms with van der Waals surface area (Å²) in [6, 6.07) is 0.830. The Bertz CT molecular complexity index is 270. The Morgan fingerprint density at radius 3 is 2.20 bits per heavy atom. The van der Waals surface area contributed by atoms with Gasteiger partial charge in [0.05, 0.1) is 0 Å². The zero-order valence-electron chi connectivity index (χ0n) is 14.1. The molecule has 0 aromatic carbocycles. The van der Waals surface area contributed by atoms with Gasteiger partial charge in [0, 0.05) is 45.3 Å². The lowest BCUT2D eigenvalue weighted by Gasteiger charge is -2.40. The minimum Gasteiger partial charge on any atom is -0.314 e. The lowest BCUT2D eigenvalue weighted by Crippen LogP contribution is -2.47. The van der Waals surface area contributed by atoms with Gasteiger partial charge in [0.25, 0.3) is 0 Å². The molecule has 0 unspecified atom stereocenters. The maximum absolute atomic E-state index is 3.43. The van der Waals surface area contributed by atoms with Crippen LogP contribution in [0.25, 0.3) is 0 Å². The predicted molar refractivity (Wildman–Crippen MR) is 87.1 cm³/mol. The fourth-order valence-corrected chi connectivity index (χ4v) is 3.80. The van der Waals surface area contributed by atoms with E-state index in [0.29, 0.717) is 5.41 Å². The van der Waals surface area contributed by atoms with Crippen LogP contribution in [0.5, 0.6) is 0 Å². The van der Waals surface area contributed by atoms with Crippen molar-refractivity contribution in [2.24, 2.45) is 11.3 Å². The van der Waals surface area contributed by atoms with Crippen molar-refractivity contribution in [1.82, 2.24) is 15.1 Å². The molecule has 1 heterocycles. The van der Waals surface area contributed by atoms with Crippen LogP contribution in [-0.4, -0.2) is 62.2 Å². The van der Waals surface area contributed by atoms with E-state index in [2.05, 4.69) is 42.9 Å². The van der Waals surface area contributed by atoms with E-state index in [1.807, 2.05) is 0 Å². The number of hydrogen-bond donors (Lipinski definition) is 1. The molecule has 3 nitrogen and oxygen atoms in total.